The van der Waals surface area contributed by atoms with Gasteiger partial charge in [0.2, 0.25) is 0 Å². The molecule has 0 spiro atoms. The van der Waals surface area contributed by atoms with Gasteiger partial charge in [-0.05, 0) is 18.2 Å². The summed E-state index contributed by atoms with van der Waals surface area (Å²) in [5, 5.41) is 10.5. The molecule has 1 N–H and O–H groups in total. The Bertz CT molecular complexity index is 545. The van der Waals surface area contributed by atoms with Crippen molar-refractivity contribution in [3.05, 3.63) is 47.4 Å². The second-order valence-electron chi connectivity index (χ2n) is 4.16. The van der Waals surface area contributed by atoms with Crippen LogP contribution in [-0.4, -0.2) is 19.3 Å². The minimum Gasteiger partial charge on any atom is -0.497 e. The molecule has 1 heterocycles. The smallest absolute Gasteiger partial charge is 0.128 e. The summed E-state index contributed by atoms with van der Waals surface area (Å²) in [5.41, 5.74) is 1.46. The molecule has 0 amide bonds. The van der Waals surface area contributed by atoms with Crippen LogP contribution in [0.3, 0.4) is 0 Å². The maximum Gasteiger partial charge on any atom is 0.128 e. The third kappa shape index (κ3) is 2.58. The molecular formula is C15H18O4. The fourth-order valence-corrected chi connectivity index (χ4v) is 2.09. The number of hydrogen-bond acceptors (Lipinski definition) is 4. The van der Waals surface area contributed by atoms with Crippen LogP contribution in [-0.2, 0) is 6.42 Å². The molecule has 19 heavy (non-hydrogen) atoms. The molecule has 0 aliphatic rings. The normalized spacial score (nSPS) is 12.2. The topological polar surface area (TPSA) is 51.8 Å². The summed E-state index contributed by atoms with van der Waals surface area (Å²) < 4.78 is 15.8. The van der Waals surface area contributed by atoms with Crippen molar-refractivity contribution >= 4 is 0 Å². The molecule has 0 saturated heterocycles. The monoisotopic (exact) mass is 262 g/mol. The van der Waals surface area contributed by atoms with E-state index in [0.717, 1.165) is 17.7 Å². The van der Waals surface area contributed by atoms with Crippen LogP contribution in [0.25, 0.3) is 0 Å². The second-order valence-corrected chi connectivity index (χ2v) is 4.16. The van der Waals surface area contributed by atoms with Crippen molar-refractivity contribution in [2.75, 3.05) is 14.2 Å². The minimum atomic E-state index is -0.769. The molecule has 1 atom stereocenters. The number of aliphatic hydroxyl groups excluding tert-OH is 1. The first-order chi connectivity index (χ1) is 9.21. The Kier molecular flexibility index (Phi) is 4.12. The van der Waals surface area contributed by atoms with Crippen LogP contribution in [0.1, 0.15) is 29.9 Å². The Balaban J connectivity index is 2.41. The van der Waals surface area contributed by atoms with Crippen LogP contribution in [0.15, 0.2) is 34.9 Å². The molecule has 102 valence electrons. The summed E-state index contributed by atoms with van der Waals surface area (Å²) in [7, 11) is 3.16. The number of ether oxygens (including phenoxy) is 2. The fourth-order valence-electron chi connectivity index (χ4n) is 2.09. The van der Waals surface area contributed by atoms with Gasteiger partial charge in [0.25, 0.3) is 0 Å². The molecule has 2 aromatic rings. The van der Waals surface area contributed by atoms with Gasteiger partial charge in [-0.15, -0.1) is 0 Å². The van der Waals surface area contributed by atoms with Crippen LogP contribution in [0.4, 0.5) is 0 Å². The Morgan fingerprint density at radius 3 is 2.58 bits per heavy atom. The van der Waals surface area contributed by atoms with Crippen molar-refractivity contribution in [2.24, 2.45) is 0 Å². The molecule has 1 unspecified atom stereocenters. The highest BCUT2D eigenvalue weighted by Crippen LogP contribution is 2.34. The SMILES string of the molecule is CCc1occc1C(O)c1ccc(OC)cc1OC. The molecule has 1 aromatic carbocycles. The molecule has 0 aliphatic heterocycles. The highest BCUT2D eigenvalue weighted by atomic mass is 16.5. The van der Waals surface area contributed by atoms with E-state index in [1.165, 1.54) is 0 Å². The number of aryl methyl sites for hydroxylation is 1. The first-order valence-electron chi connectivity index (χ1n) is 6.17. The van der Waals surface area contributed by atoms with Crippen LogP contribution in [0.5, 0.6) is 11.5 Å². The van der Waals surface area contributed by atoms with Crippen LogP contribution < -0.4 is 9.47 Å². The molecule has 4 nitrogen and oxygen atoms in total. The summed E-state index contributed by atoms with van der Waals surface area (Å²) in [6.45, 7) is 1.99. The molecule has 0 bridgehead atoms. The van der Waals surface area contributed by atoms with Gasteiger partial charge in [0.05, 0.1) is 20.5 Å². The molecule has 0 saturated carbocycles. The zero-order valence-electron chi connectivity index (χ0n) is 11.3. The number of rotatable bonds is 5. The predicted molar refractivity (Wildman–Crippen MR) is 71.7 cm³/mol. The van der Waals surface area contributed by atoms with E-state index in [2.05, 4.69) is 0 Å². The van der Waals surface area contributed by atoms with Gasteiger partial charge in [-0.2, -0.15) is 0 Å². The van der Waals surface area contributed by atoms with Gasteiger partial charge in [0, 0.05) is 23.6 Å². The van der Waals surface area contributed by atoms with Crippen molar-refractivity contribution < 1.29 is 19.0 Å². The van der Waals surface area contributed by atoms with E-state index in [1.54, 1.807) is 44.7 Å². The van der Waals surface area contributed by atoms with E-state index >= 15 is 0 Å². The average Bonchev–Trinajstić information content (AvgIpc) is 2.94. The lowest BCUT2D eigenvalue weighted by Crippen LogP contribution is -2.04. The van der Waals surface area contributed by atoms with Gasteiger partial charge >= 0.3 is 0 Å². The van der Waals surface area contributed by atoms with Gasteiger partial charge in [-0.25, -0.2) is 0 Å². The van der Waals surface area contributed by atoms with Gasteiger partial charge in [0.15, 0.2) is 0 Å². The van der Waals surface area contributed by atoms with E-state index in [-0.39, 0.29) is 0 Å². The highest BCUT2D eigenvalue weighted by molar-refractivity contribution is 5.45. The van der Waals surface area contributed by atoms with E-state index in [4.69, 9.17) is 13.9 Å². The van der Waals surface area contributed by atoms with Crippen molar-refractivity contribution in [2.45, 2.75) is 19.4 Å². The summed E-state index contributed by atoms with van der Waals surface area (Å²) >= 11 is 0. The molecule has 0 aliphatic carbocycles. The van der Waals surface area contributed by atoms with Crippen LogP contribution >= 0.6 is 0 Å². The fraction of sp³-hybridized carbons (Fsp3) is 0.333. The maximum atomic E-state index is 10.5. The van der Waals surface area contributed by atoms with Gasteiger partial charge in [0.1, 0.15) is 23.4 Å². The number of furan rings is 1. The molecule has 1 aromatic heterocycles. The van der Waals surface area contributed by atoms with Crippen LogP contribution in [0, 0.1) is 0 Å². The van der Waals surface area contributed by atoms with Crippen molar-refractivity contribution in [1.29, 1.82) is 0 Å². The Morgan fingerprint density at radius 1 is 1.16 bits per heavy atom. The first-order valence-corrected chi connectivity index (χ1v) is 6.17. The zero-order valence-corrected chi connectivity index (χ0v) is 11.3. The third-order valence-corrected chi connectivity index (χ3v) is 3.13. The Morgan fingerprint density at radius 2 is 1.95 bits per heavy atom. The van der Waals surface area contributed by atoms with Crippen molar-refractivity contribution in [3.8, 4) is 11.5 Å². The average molecular weight is 262 g/mol. The lowest BCUT2D eigenvalue weighted by atomic mass is 10.00. The quantitative estimate of drug-likeness (QED) is 0.900. The highest BCUT2D eigenvalue weighted by Gasteiger charge is 2.20. The standard InChI is InChI=1S/C15H18O4/c1-4-13-12(7-8-19-13)15(16)11-6-5-10(17-2)9-14(11)18-3/h5-9,15-16H,4H2,1-3H3. The number of methoxy groups -OCH3 is 2. The summed E-state index contributed by atoms with van der Waals surface area (Å²) in [4.78, 5) is 0. The van der Waals surface area contributed by atoms with Crippen LogP contribution in [0.2, 0.25) is 0 Å². The Labute approximate surface area is 112 Å². The summed E-state index contributed by atoms with van der Waals surface area (Å²) in [5.74, 6) is 2.07. The Hall–Kier alpha value is -1.94. The number of benzene rings is 1. The molecular weight excluding hydrogens is 244 g/mol. The van der Waals surface area contributed by atoms with Gasteiger partial charge < -0.3 is 19.0 Å². The lowest BCUT2D eigenvalue weighted by Gasteiger charge is -2.15. The van der Waals surface area contributed by atoms with E-state index in [0.29, 0.717) is 17.1 Å². The van der Waals surface area contributed by atoms with E-state index in [1.807, 2.05) is 6.92 Å². The second kappa shape index (κ2) is 5.80. The van der Waals surface area contributed by atoms with Gasteiger partial charge in [-0.3, -0.25) is 0 Å². The van der Waals surface area contributed by atoms with Crippen molar-refractivity contribution in [1.82, 2.24) is 0 Å². The predicted octanol–water partition coefficient (Wildman–Crippen LogP) is 2.94. The number of aliphatic hydroxyl groups is 1. The molecule has 0 fully saturated rings. The zero-order chi connectivity index (χ0) is 13.8. The van der Waals surface area contributed by atoms with Gasteiger partial charge in [-0.1, -0.05) is 6.92 Å². The number of hydrogen-bond donors (Lipinski definition) is 1. The lowest BCUT2D eigenvalue weighted by molar-refractivity contribution is 0.211. The first kappa shape index (κ1) is 13.5. The van der Waals surface area contributed by atoms with Crippen molar-refractivity contribution in [3.63, 3.8) is 0 Å². The molecule has 2 rings (SSSR count). The largest absolute Gasteiger partial charge is 0.497 e. The molecule has 0 radical (unpaired) electrons. The summed E-state index contributed by atoms with van der Waals surface area (Å²) in [6, 6.07) is 7.14. The maximum absolute atomic E-state index is 10.5. The summed E-state index contributed by atoms with van der Waals surface area (Å²) in [6.07, 6.45) is 1.56. The third-order valence-electron chi connectivity index (χ3n) is 3.13. The molecule has 4 heteroatoms. The van der Waals surface area contributed by atoms with E-state index in [9.17, 15) is 5.11 Å². The van der Waals surface area contributed by atoms with E-state index < -0.39 is 6.10 Å². The minimum absolute atomic E-state index is 0.593.